The van der Waals surface area contributed by atoms with Gasteiger partial charge in [-0.3, -0.25) is 4.79 Å². The number of esters is 1. The minimum absolute atomic E-state index is 0.0176. The summed E-state index contributed by atoms with van der Waals surface area (Å²) >= 11 is 0. The zero-order valence-corrected chi connectivity index (χ0v) is 10.5. The molecule has 0 aromatic rings. The summed E-state index contributed by atoms with van der Waals surface area (Å²) in [7, 11) is 0. The third-order valence-electron chi connectivity index (χ3n) is 2.73. The summed E-state index contributed by atoms with van der Waals surface area (Å²) < 4.78 is 10.6. The van der Waals surface area contributed by atoms with Crippen LogP contribution in [0, 0.1) is 5.92 Å². The van der Waals surface area contributed by atoms with Crippen LogP contribution >= 0.6 is 0 Å². The standard InChI is InChI=1S/C12H23NO3/c1-12(2,3)16-8-7-15-11(14)9-5-4-6-10(9)13/h9-10H,4-8,13H2,1-3H3. The highest BCUT2D eigenvalue weighted by Crippen LogP contribution is 2.24. The summed E-state index contributed by atoms with van der Waals surface area (Å²) in [6.45, 7) is 6.68. The molecule has 1 aliphatic carbocycles. The highest BCUT2D eigenvalue weighted by molar-refractivity contribution is 5.73. The first-order valence-electron chi connectivity index (χ1n) is 5.96. The van der Waals surface area contributed by atoms with Crippen LogP contribution in [0.15, 0.2) is 0 Å². The molecule has 1 aliphatic rings. The molecule has 4 nitrogen and oxygen atoms in total. The molecule has 0 radical (unpaired) electrons. The molecule has 0 saturated heterocycles. The molecule has 1 saturated carbocycles. The van der Waals surface area contributed by atoms with Gasteiger partial charge >= 0.3 is 5.97 Å². The summed E-state index contributed by atoms with van der Waals surface area (Å²) in [5, 5.41) is 0. The molecule has 0 aromatic heterocycles. The molecule has 0 aliphatic heterocycles. The smallest absolute Gasteiger partial charge is 0.310 e. The Kier molecular flexibility index (Phi) is 4.74. The van der Waals surface area contributed by atoms with Gasteiger partial charge in [0, 0.05) is 6.04 Å². The lowest BCUT2D eigenvalue weighted by molar-refractivity contribution is -0.151. The van der Waals surface area contributed by atoms with E-state index in [-0.39, 0.29) is 23.5 Å². The first-order chi connectivity index (χ1) is 7.40. The van der Waals surface area contributed by atoms with E-state index in [1.54, 1.807) is 0 Å². The Morgan fingerprint density at radius 3 is 2.50 bits per heavy atom. The van der Waals surface area contributed by atoms with Crippen molar-refractivity contribution in [2.24, 2.45) is 11.7 Å². The summed E-state index contributed by atoms with van der Waals surface area (Å²) in [5.41, 5.74) is 5.64. The minimum atomic E-state index is -0.184. The maximum atomic E-state index is 11.6. The molecule has 2 N–H and O–H groups in total. The highest BCUT2D eigenvalue weighted by atomic mass is 16.6. The first kappa shape index (κ1) is 13.5. The fraction of sp³-hybridized carbons (Fsp3) is 0.917. The summed E-state index contributed by atoms with van der Waals surface area (Å²) in [4.78, 5) is 11.6. The summed E-state index contributed by atoms with van der Waals surface area (Å²) in [5.74, 6) is -0.267. The van der Waals surface area contributed by atoms with Crippen LogP contribution in [0.5, 0.6) is 0 Å². The van der Waals surface area contributed by atoms with Crippen LogP contribution in [0.2, 0.25) is 0 Å². The maximum Gasteiger partial charge on any atom is 0.310 e. The number of nitrogens with two attached hydrogens (primary N) is 1. The van der Waals surface area contributed by atoms with Crippen molar-refractivity contribution in [3.63, 3.8) is 0 Å². The zero-order chi connectivity index (χ0) is 12.2. The van der Waals surface area contributed by atoms with Crippen LogP contribution in [-0.4, -0.2) is 30.8 Å². The molecular weight excluding hydrogens is 206 g/mol. The van der Waals surface area contributed by atoms with E-state index in [0.29, 0.717) is 13.2 Å². The zero-order valence-electron chi connectivity index (χ0n) is 10.5. The Labute approximate surface area is 97.5 Å². The molecule has 0 spiro atoms. The van der Waals surface area contributed by atoms with Gasteiger partial charge in [-0.15, -0.1) is 0 Å². The largest absolute Gasteiger partial charge is 0.463 e. The van der Waals surface area contributed by atoms with Gasteiger partial charge in [0.1, 0.15) is 6.61 Å². The molecule has 0 aromatic carbocycles. The number of carbonyl (C=O) groups is 1. The van der Waals surface area contributed by atoms with Crippen LogP contribution < -0.4 is 5.73 Å². The van der Waals surface area contributed by atoms with Crippen LogP contribution in [0.3, 0.4) is 0 Å². The highest BCUT2D eigenvalue weighted by Gasteiger charge is 2.31. The van der Waals surface area contributed by atoms with Gasteiger partial charge in [-0.05, 0) is 33.6 Å². The molecule has 16 heavy (non-hydrogen) atoms. The molecule has 2 unspecified atom stereocenters. The molecule has 1 fully saturated rings. The van der Waals surface area contributed by atoms with Crippen molar-refractivity contribution in [2.75, 3.05) is 13.2 Å². The molecule has 0 heterocycles. The first-order valence-corrected chi connectivity index (χ1v) is 5.96. The second-order valence-electron chi connectivity index (χ2n) is 5.33. The van der Waals surface area contributed by atoms with Crippen LogP contribution in [-0.2, 0) is 14.3 Å². The fourth-order valence-corrected chi connectivity index (χ4v) is 1.88. The third kappa shape index (κ3) is 4.49. The lowest BCUT2D eigenvalue weighted by Crippen LogP contribution is -2.32. The molecule has 94 valence electrons. The van der Waals surface area contributed by atoms with Crippen LogP contribution in [0.1, 0.15) is 40.0 Å². The van der Waals surface area contributed by atoms with Crippen molar-refractivity contribution in [1.82, 2.24) is 0 Å². The average molecular weight is 229 g/mol. The van der Waals surface area contributed by atoms with Gasteiger partial charge in [-0.1, -0.05) is 6.42 Å². The van der Waals surface area contributed by atoms with Crippen molar-refractivity contribution in [1.29, 1.82) is 0 Å². The number of carbonyl (C=O) groups excluding carboxylic acids is 1. The van der Waals surface area contributed by atoms with E-state index >= 15 is 0 Å². The van der Waals surface area contributed by atoms with Gasteiger partial charge in [0.05, 0.1) is 18.1 Å². The lowest BCUT2D eigenvalue weighted by atomic mass is 10.1. The quantitative estimate of drug-likeness (QED) is 0.586. The van der Waals surface area contributed by atoms with Crippen molar-refractivity contribution >= 4 is 5.97 Å². The summed E-state index contributed by atoms with van der Waals surface area (Å²) in [6.07, 6.45) is 2.82. The van der Waals surface area contributed by atoms with Crippen molar-refractivity contribution in [2.45, 2.75) is 51.7 Å². The topological polar surface area (TPSA) is 61.5 Å². The van der Waals surface area contributed by atoms with E-state index in [2.05, 4.69) is 0 Å². The normalized spacial score (nSPS) is 25.8. The molecular formula is C12H23NO3. The predicted molar refractivity (Wildman–Crippen MR) is 62.0 cm³/mol. The Hall–Kier alpha value is -0.610. The van der Waals surface area contributed by atoms with E-state index in [0.717, 1.165) is 19.3 Å². The lowest BCUT2D eigenvalue weighted by Gasteiger charge is -2.20. The monoisotopic (exact) mass is 229 g/mol. The Morgan fingerprint density at radius 2 is 2.00 bits per heavy atom. The summed E-state index contributed by atoms with van der Waals surface area (Å²) in [6, 6.07) is -0.0176. The molecule has 1 rings (SSSR count). The fourth-order valence-electron chi connectivity index (χ4n) is 1.88. The van der Waals surface area contributed by atoms with Gasteiger partial charge in [-0.2, -0.15) is 0 Å². The van der Waals surface area contributed by atoms with Crippen molar-refractivity contribution in [3.8, 4) is 0 Å². The van der Waals surface area contributed by atoms with Gasteiger partial charge < -0.3 is 15.2 Å². The molecule has 2 atom stereocenters. The van der Waals surface area contributed by atoms with Crippen molar-refractivity contribution in [3.05, 3.63) is 0 Å². The van der Waals surface area contributed by atoms with E-state index in [9.17, 15) is 4.79 Å². The van der Waals surface area contributed by atoms with E-state index < -0.39 is 0 Å². The second kappa shape index (κ2) is 5.64. The number of ether oxygens (including phenoxy) is 2. The van der Waals surface area contributed by atoms with E-state index in [1.165, 1.54) is 0 Å². The van der Waals surface area contributed by atoms with Gasteiger partial charge in [0.2, 0.25) is 0 Å². The number of rotatable bonds is 4. The molecule has 0 bridgehead atoms. The predicted octanol–water partition coefficient (Wildman–Crippen LogP) is 1.47. The average Bonchev–Trinajstić information content (AvgIpc) is 2.57. The SMILES string of the molecule is CC(C)(C)OCCOC(=O)C1CCCC1N. The molecule has 0 amide bonds. The Morgan fingerprint density at radius 1 is 1.31 bits per heavy atom. The number of hydrogen-bond donors (Lipinski definition) is 1. The van der Waals surface area contributed by atoms with Crippen LogP contribution in [0.25, 0.3) is 0 Å². The second-order valence-corrected chi connectivity index (χ2v) is 5.33. The number of hydrogen-bond acceptors (Lipinski definition) is 4. The van der Waals surface area contributed by atoms with Gasteiger partial charge in [-0.25, -0.2) is 0 Å². The van der Waals surface area contributed by atoms with Crippen LogP contribution in [0.4, 0.5) is 0 Å². The minimum Gasteiger partial charge on any atom is -0.463 e. The maximum absolute atomic E-state index is 11.6. The van der Waals surface area contributed by atoms with E-state index in [4.69, 9.17) is 15.2 Å². The van der Waals surface area contributed by atoms with Crippen molar-refractivity contribution < 1.29 is 14.3 Å². The van der Waals surface area contributed by atoms with Gasteiger partial charge in [0.15, 0.2) is 0 Å². The Bertz CT molecular complexity index is 235. The molecule has 4 heteroatoms. The van der Waals surface area contributed by atoms with E-state index in [1.807, 2.05) is 20.8 Å². The third-order valence-corrected chi connectivity index (χ3v) is 2.73. The van der Waals surface area contributed by atoms with Gasteiger partial charge in [0.25, 0.3) is 0 Å². The Balaban J connectivity index is 2.15.